The standard InChI is InChI=1S/C14H23N/c1-5-10(2)12(4)14(15)13-9-7-6-8-11(13)3/h6-10,12,14H,5,15H2,1-4H3/t10?,12-,14+/m0/s1. The molecule has 15 heavy (non-hydrogen) atoms. The summed E-state index contributed by atoms with van der Waals surface area (Å²) in [6, 6.07) is 8.60. The number of hydrogen-bond acceptors (Lipinski definition) is 1. The first-order valence-corrected chi connectivity index (χ1v) is 5.89. The van der Waals surface area contributed by atoms with Gasteiger partial charge < -0.3 is 5.73 Å². The molecule has 0 fully saturated rings. The lowest BCUT2D eigenvalue weighted by Gasteiger charge is -2.26. The molecule has 0 amide bonds. The van der Waals surface area contributed by atoms with E-state index < -0.39 is 0 Å². The summed E-state index contributed by atoms with van der Waals surface area (Å²) in [5, 5.41) is 0. The first-order valence-electron chi connectivity index (χ1n) is 5.89. The van der Waals surface area contributed by atoms with Gasteiger partial charge >= 0.3 is 0 Å². The monoisotopic (exact) mass is 205 g/mol. The molecule has 0 saturated heterocycles. The van der Waals surface area contributed by atoms with E-state index in [-0.39, 0.29) is 6.04 Å². The normalized spacial score (nSPS) is 17.1. The van der Waals surface area contributed by atoms with Crippen LogP contribution < -0.4 is 5.73 Å². The third-order valence-corrected chi connectivity index (χ3v) is 3.66. The molecule has 0 aliphatic rings. The molecule has 1 rings (SSSR count). The highest BCUT2D eigenvalue weighted by atomic mass is 14.7. The van der Waals surface area contributed by atoms with Gasteiger partial charge in [-0.25, -0.2) is 0 Å². The van der Waals surface area contributed by atoms with Gasteiger partial charge in [0, 0.05) is 6.04 Å². The second-order valence-corrected chi connectivity index (χ2v) is 4.63. The van der Waals surface area contributed by atoms with Crippen LogP contribution in [0.25, 0.3) is 0 Å². The molecule has 1 unspecified atom stereocenters. The maximum atomic E-state index is 6.32. The van der Waals surface area contributed by atoms with Crippen LogP contribution in [-0.2, 0) is 0 Å². The molecule has 0 aliphatic heterocycles. The van der Waals surface area contributed by atoms with Crippen molar-refractivity contribution in [1.82, 2.24) is 0 Å². The van der Waals surface area contributed by atoms with Crippen LogP contribution >= 0.6 is 0 Å². The van der Waals surface area contributed by atoms with Gasteiger partial charge in [0.25, 0.3) is 0 Å². The van der Waals surface area contributed by atoms with Crippen molar-refractivity contribution in [2.24, 2.45) is 17.6 Å². The van der Waals surface area contributed by atoms with Crippen LogP contribution in [0.4, 0.5) is 0 Å². The zero-order valence-electron chi connectivity index (χ0n) is 10.3. The number of nitrogens with two attached hydrogens (primary N) is 1. The molecule has 0 spiro atoms. The van der Waals surface area contributed by atoms with Crippen molar-refractivity contribution in [3.05, 3.63) is 35.4 Å². The second kappa shape index (κ2) is 5.32. The summed E-state index contributed by atoms with van der Waals surface area (Å²) in [7, 11) is 0. The Kier molecular flexibility index (Phi) is 4.34. The van der Waals surface area contributed by atoms with E-state index in [1.54, 1.807) is 0 Å². The molecule has 84 valence electrons. The highest BCUT2D eigenvalue weighted by Gasteiger charge is 2.20. The molecule has 1 heteroatoms. The van der Waals surface area contributed by atoms with Crippen LogP contribution in [0.1, 0.15) is 44.4 Å². The second-order valence-electron chi connectivity index (χ2n) is 4.63. The van der Waals surface area contributed by atoms with Crippen LogP contribution in [0.15, 0.2) is 24.3 Å². The molecule has 3 atom stereocenters. The number of benzene rings is 1. The Labute approximate surface area is 93.7 Å². The average molecular weight is 205 g/mol. The molecule has 0 heterocycles. The van der Waals surface area contributed by atoms with Crippen molar-refractivity contribution >= 4 is 0 Å². The lowest BCUT2D eigenvalue weighted by atomic mass is 9.83. The molecule has 2 N–H and O–H groups in total. The molecule has 0 bridgehead atoms. The molecule has 1 nitrogen and oxygen atoms in total. The van der Waals surface area contributed by atoms with Gasteiger partial charge in [-0.3, -0.25) is 0 Å². The van der Waals surface area contributed by atoms with Crippen LogP contribution in [-0.4, -0.2) is 0 Å². The van der Waals surface area contributed by atoms with E-state index in [4.69, 9.17) is 5.73 Å². The Bertz CT molecular complexity index is 306. The van der Waals surface area contributed by atoms with E-state index in [0.29, 0.717) is 11.8 Å². The predicted octanol–water partition coefficient (Wildman–Crippen LogP) is 3.68. The van der Waals surface area contributed by atoms with Crippen molar-refractivity contribution in [2.45, 2.75) is 40.2 Å². The number of rotatable bonds is 4. The molecule has 0 aromatic heterocycles. The van der Waals surface area contributed by atoms with Crippen molar-refractivity contribution in [3.63, 3.8) is 0 Å². The molecule has 0 radical (unpaired) electrons. The summed E-state index contributed by atoms with van der Waals surface area (Å²) >= 11 is 0. The van der Waals surface area contributed by atoms with Gasteiger partial charge in [0.15, 0.2) is 0 Å². The largest absolute Gasteiger partial charge is 0.324 e. The van der Waals surface area contributed by atoms with Gasteiger partial charge in [0.2, 0.25) is 0 Å². The van der Waals surface area contributed by atoms with Crippen molar-refractivity contribution in [2.75, 3.05) is 0 Å². The third-order valence-electron chi connectivity index (χ3n) is 3.66. The minimum absolute atomic E-state index is 0.168. The summed E-state index contributed by atoms with van der Waals surface area (Å²) < 4.78 is 0. The number of hydrogen-bond donors (Lipinski definition) is 1. The SMILES string of the molecule is CCC(C)[C@H](C)[C@@H](N)c1ccccc1C. The molecule has 0 saturated carbocycles. The lowest BCUT2D eigenvalue weighted by molar-refractivity contribution is 0.320. The molecule has 0 aliphatic carbocycles. The Morgan fingerprint density at radius 2 is 1.80 bits per heavy atom. The van der Waals surface area contributed by atoms with E-state index in [9.17, 15) is 0 Å². The fourth-order valence-electron chi connectivity index (χ4n) is 1.97. The van der Waals surface area contributed by atoms with Gasteiger partial charge in [0.1, 0.15) is 0 Å². The Balaban J connectivity index is 2.85. The fraction of sp³-hybridized carbons (Fsp3) is 0.571. The lowest BCUT2D eigenvalue weighted by Crippen LogP contribution is -2.24. The van der Waals surface area contributed by atoms with Gasteiger partial charge in [-0.2, -0.15) is 0 Å². The molecule has 1 aromatic rings. The summed E-state index contributed by atoms with van der Waals surface area (Å²) in [4.78, 5) is 0. The Morgan fingerprint density at radius 3 is 2.33 bits per heavy atom. The Hall–Kier alpha value is -0.820. The van der Waals surface area contributed by atoms with E-state index in [1.807, 2.05) is 0 Å². The number of aryl methyl sites for hydroxylation is 1. The van der Waals surface area contributed by atoms with Crippen LogP contribution in [0.5, 0.6) is 0 Å². The average Bonchev–Trinajstić information content (AvgIpc) is 2.26. The first-order chi connectivity index (χ1) is 7.07. The van der Waals surface area contributed by atoms with E-state index in [2.05, 4.69) is 52.0 Å². The minimum atomic E-state index is 0.168. The topological polar surface area (TPSA) is 26.0 Å². The maximum Gasteiger partial charge on any atom is 0.0326 e. The first kappa shape index (κ1) is 12.3. The van der Waals surface area contributed by atoms with Crippen molar-refractivity contribution in [1.29, 1.82) is 0 Å². The van der Waals surface area contributed by atoms with Crippen molar-refractivity contribution in [3.8, 4) is 0 Å². The van der Waals surface area contributed by atoms with E-state index in [0.717, 1.165) is 0 Å². The van der Waals surface area contributed by atoms with Gasteiger partial charge in [0.05, 0.1) is 0 Å². The van der Waals surface area contributed by atoms with E-state index in [1.165, 1.54) is 17.5 Å². The summed E-state index contributed by atoms with van der Waals surface area (Å²) in [5.41, 5.74) is 8.92. The van der Waals surface area contributed by atoms with Gasteiger partial charge in [-0.1, -0.05) is 51.5 Å². The highest BCUT2D eigenvalue weighted by Crippen LogP contribution is 2.28. The summed E-state index contributed by atoms with van der Waals surface area (Å²) in [6.07, 6.45) is 1.20. The minimum Gasteiger partial charge on any atom is -0.324 e. The van der Waals surface area contributed by atoms with Crippen LogP contribution in [0.3, 0.4) is 0 Å². The molecule has 1 aromatic carbocycles. The maximum absolute atomic E-state index is 6.32. The smallest absolute Gasteiger partial charge is 0.0326 e. The fourth-order valence-corrected chi connectivity index (χ4v) is 1.97. The van der Waals surface area contributed by atoms with Crippen LogP contribution in [0, 0.1) is 18.8 Å². The predicted molar refractivity (Wildman–Crippen MR) is 66.7 cm³/mol. The summed E-state index contributed by atoms with van der Waals surface area (Å²) in [5.74, 6) is 1.22. The van der Waals surface area contributed by atoms with Crippen LogP contribution in [0.2, 0.25) is 0 Å². The molecular formula is C14H23N. The van der Waals surface area contributed by atoms with Gasteiger partial charge in [-0.15, -0.1) is 0 Å². The quantitative estimate of drug-likeness (QED) is 0.797. The van der Waals surface area contributed by atoms with Gasteiger partial charge in [-0.05, 0) is 29.9 Å². The van der Waals surface area contributed by atoms with E-state index >= 15 is 0 Å². The molecular weight excluding hydrogens is 182 g/mol. The zero-order valence-corrected chi connectivity index (χ0v) is 10.3. The van der Waals surface area contributed by atoms with Crippen molar-refractivity contribution < 1.29 is 0 Å². The third kappa shape index (κ3) is 2.82. The Morgan fingerprint density at radius 1 is 1.20 bits per heavy atom. The highest BCUT2D eigenvalue weighted by molar-refractivity contribution is 5.28. The summed E-state index contributed by atoms with van der Waals surface area (Å²) in [6.45, 7) is 8.90. The zero-order chi connectivity index (χ0) is 11.4.